The number of unbranched alkanes of at least 4 members (excludes halogenated alkanes) is 31. The highest BCUT2D eigenvalue weighted by atomic mass is 16.6. The number of ether oxygens (including phenoxy) is 3. The predicted molar refractivity (Wildman–Crippen MR) is 316 cm³/mol. The summed E-state index contributed by atoms with van der Waals surface area (Å²) in [4.78, 5) is 38.3. The number of esters is 3. The molecule has 0 aliphatic heterocycles. The van der Waals surface area contributed by atoms with Crippen molar-refractivity contribution in [1.82, 2.24) is 0 Å². The summed E-state index contributed by atoms with van der Waals surface area (Å²) in [5, 5.41) is 0. The van der Waals surface area contributed by atoms with E-state index in [1.54, 1.807) is 0 Å². The van der Waals surface area contributed by atoms with Gasteiger partial charge in [-0.1, -0.05) is 247 Å². The molecular weight excluding hydrogens is 901 g/mol. The van der Waals surface area contributed by atoms with Gasteiger partial charge in [0.2, 0.25) is 0 Å². The summed E-state index contributed by atoms with van der Waals surface area (Å²) >= 11 is 0. The van der Waals surface area contributed by atoms with E-state index in [4.69, 9.17) is 14.2 Å². The van der Waals surface area contributed by atoms with Crippen LogP contribution in [-0.2, 0) is 28.6 Å². The van der Waals surface area contributed by atoms with Crippen molar-refractivity contribution in [3.8, 4) is 0 Å². The second-order valence-electron chi connectivity index (χ2n) is 20.6. The molecule has 1 atom stereocenters. The largest absolute Gasteiger partial charge is 0.462 e. The van der Waals surface area contributed by atoms with Crippen molar-refractivity contribution in [2.45, 2.75) is 309 Å². The molecule has 0 heterocycles. The molecular formula is C67H116O6. The van der Waals surface area contributed by atoms with E-state index in [2.05, 4.69) is 106 Å². The van der Waals surface area contributed by atoms with E-state index >= 15 is 0 Å². The van der Waals surface area contributed by atoms with Crippen LogP contribution in [0.25, 0.3) is 0 Å². The summed E-state index contributed by atoms with van der Waals surface area (Å²) in [6.07, 6.45) is 79.9. The number of allylic oxidation sites excluding steroid dienone is 14. The molecule has 0 aromatic carbocycles. The maximum absolute atomic E-state index is 12.9. The van der Waals surface area contributed by atoms with Crippen LogP contribution in [-0.4, -0.2) is 37.2 Å². The van der Waals surface area contributed by atoms with Gasteiger partial charge in [-0.15, -0.1) is 0 Å². The monoisotopic (exact) mass is 1020 g/mol. The van der Waals surface area contributed by atoms with Gasteiger partial charge in [0.15, 0.2) is 6.10 Å². The van der Waals surface area contributed by atoms with Crippen molar-refractivity contribution in [3.05, 3.63) is 85.1 Å². The second kappa shape index (κ2) is 61.1. The Kier molecular flexibility index (Phi) is 58.3. The third kappa shape index (κ3) is 59.3. The van der Waals surface area contributed by atoms with Crippen molar-refractivity contribution < 1.29 is 28.6 Å². The van der Waals surface area contributed by atoms with Crippen LogP contribution in [0, 0.1) is 0 Å². The Labute approximate surface area is 452 Å². The topological polar surface area (TPSA) is 78.9 Å². The van der Waals surface area contributed by atoms with Crippen LogP contribution in [0.3, 0.4) is 0 Å². The van der Waals surface area contributed by atoms with Crippen molar-refractivity contribution in [3.63, 3.8) is 0 Å². The Morgan fingerprint density at radius 2 is 0.493 bits per heavy atom. The van der Waals surface area contributed by atoms with Gasteiger partial charge in [-0.05, 0) is 122 Å². The zero-order valence-electron chi connectivity index (χ0n) is 48.1. The summed E-state index contributed by atoms with van der Waals surface area (Å²) in [5.74, 6) is -0.900. The Morgan fingerprint density at radius 1 is 0.274 bits per heavy atom. The maximum Gasteiger partial charge on any atom is 0.306 e. The van der Waals surface area contributed by atoms with Crippen LogP contribution >= 0.6 is 0 Å². The minimum absolute atomic E-state index is 0.0862. The van der Waals surface area contributed by atoms with Crippen molar-refractivity contribution in [1.29, 1.82) is 0 Å². The molecule has 0 N–H and O–H groups in total. The molecule has 0 saturated heterocycles. The summed E-state index contributed by atoms with van der Waals surface area (Å²) in [6.45, 7) is 6.57. The van der Waals surface area contributed by atoms with Gasteiger partial charge in [-0.3, -0.25) is 14.4 Å². The van der Waals surface area contributed by atoms with Crippen LogP contribution in [0.5, 0.6) is 0 Å². The lowest BCUT2D eigenvalue weighted by atomic mass is 10.1. The first kappa shape index (κ1) is 69.6. The normalized spacial score (nSPS) is 12.6. The molecule has 420 valence electrons. The fourth-order valence-corrected chi connectivity index (χ4v) is 8.63. The van der Waals surface area contributed by atoms with Crippen LogP contribution in [0.4, 0.5) is 0 Å². The van der Waals surface area contributed by atoms with Crippen LogP contribution < -0.4 is 0 Å². The number of carbonyl (C=O) groups excluding carboxylic acids is 3. The van der Waals surface area contributed by atoms with Gasteiger partial charge in [-0.2, -0.15) is 0 Å². The molecule has 0 rings (SSSR count). The van der Waals surface area contributed by atoms with Crippen LogP contribution in [0.15, 0.2) is 85.1 Å². The quantitative estimate of drug-likeness (QED) is 0.0261. The highest BCUT2D eigenvalue weighted by Gasteiger charge is 2.19. The fourth-order valence-electron chi connectivity index (χ4n) is 8.63. The average Bonchev–Trinajstić information content (AvgIpc) is 3.39. The maximum atomic E-state index is 12.9. The molecule has 0 bridgehead atoms. The Hall–Kier alpha value is -3.41. The zero-order valence-corrected chi connectivity index (χ0v) is 48.1. The van der Waals surface area contributed by atoms with Crippen LogP contribution in [0.2, 0.25) is 0 Å². The van der Waals surface area contributed by atoms with Gasteiger partial charge >= 0.3 is 17.9 Å². The molecule has 0 saturated carbocycles. The van der Waals surface area contributed by atoms with E-state index < -0.39 is 6.10 Å². The minimum atomic E-state index is -0.790. The Bertz CT molecular complexity index is 1400. The highest BCUT2D eigenvalue weighted by molar-refractivity contribution is 5.71. The number of carbonyl (C=O) groups is 3. The molecule has 6 nitrogen and oxygen atoms in total. The third-order valence-electron chi connectivity index (χ3n) is 13.3. The molecule has 0 radical (unpaired) electrons. The van der Waals surface area contributed by atoms with E-state index in [0.29, 0.717) is 19.3 Å². The number of hydrogen-bond donors (Lipinski definition) is 0. The fraction of sp³-hybridized carbons (Fsp3) is 0.746. The molecule has 1 unspecified atom stereocenters. The molecule has 0 aromatic rings. The SMILES string of the molecule is CCCCC/C=C\C/C=C\C/C=C\CCCCCCCCC(=O)OCC(COC(=O)CCCCCCCCC/C=C\C/C=C\CCCCC)OC(=O)CCCCCCCCCCC/C=C\C/C=C\CCCCC. The standard InChI is InChI=1S/C67H116O6/c1-4-7-10-13-16-19-22-25-28-31-33-36-39-42-45-48-51-54-57-60-66(69)72-63-64(62-71-65(68)59-56-53-50-47-44-41-38-35-30-27-24-21-18-15-12-9-6-3)73-67(70)61-58-55-52-49-46-43-40-37-34-32-29-26-23-20-17-14-11-8-5-2/h16-21,25-30,33,36,64H,4-15,22-24,31-32,34-35,37-63H2,1-3H3/b19-16-,20-17-,21-18-,28-25-,29-26-,30-27-,36-33-. The third-order valence-corrected chi connectivity index (χ3v) is 13.3. The molecule has 0 amide bonds. The van der Waals surface area contributed by atoms with E-state index in [-0.39, 0.29) is 31.1 Å². The van der Waals surface area contributed by atoms with Gasteiger partial charge in [0.1, 0.15) is 13.2 Å². The molecule has 0 aromatic heterocycles. The first-order valence-corrected chi connectivity index (χ1v) is 31.1. The lowest BCUT2D eigenvalue weighted by molar-refractivity contribution is -0.167. The van der Waals surface area contributed by atoms with E-state index in [0.717, 1.165) is 96.3 Å². The van der Waals surface area contributed by atoms with Crippen molar-refractivity contribution in [2.75, 3.05) is 13.2 Å². The lowest BCUT2D eigenvalue weighted by Crippen LogP contribution is -2.30. The Balaban J connectivity index is 4.42. The van der Waals surface area contributed by atoms with Gasteiger partial charge in [0, 0.05) is 19.3 Å². The average molecular weight is 1020 g/mol. The lowest BCUT2D eigenvalue weighted by Gasteiger charge is -2.18. The first-order chi connectivity index (χ1) is 36.0. The molecule has 73 heavy (non-hydrogen) atoms. The summed E-state index contributed by atoms with van der Waals surface area (Å²) in [6, 6.07) is 0. The van der Waals surface area contributed by atoms with Crippen LogP contribution in [0.1, 0.15) is 303 Å². The predicted octanol–water partition coefficient (Wildman–Crippen LogP) is 21.1. The molecule has 0 fully saturated rings. The molecule has 0 spiro atoms. The van der Waals surface area contributed by atoms with Gasteiger partial charge in [0.25, 0.3) is 0 Å². The summed E-state index contributed by atoms with van der Waals surface area (Å²) in [5.41, 5.74) is 0. The van der Waals surface area contributed by atoms with E-state index in [1.807, 2.05) is 0 Å². The van der Waals surface area contributed by atoms with E-state index in [9.17, 15) is 14.4 Å². The first-order valence-electron chi connectivity index (χ1n) is 31.1. The molecule has 0 aliphatic carbocycles. The smallest absolute Gasteiger partial charge is 0.306 e. The highest BCUT2D eigenvalue weighted by Crippen LogP contribution is 2.15. The van der Waals surface area contributed by atoms with Gasteiger partial charge < -0.3 is 14.2 Å². The number of rotatable bonds is 56. The zero-order chi connectivity index (χ0) is 52.9. The minimum Gasteiger partial charge on any atom is -0.462 e. The molecule has 0 aliphatic rings. The Morgan fingerprint density at radius 3 is 0.767 bits per heavy atom. The second-order valence-corrected chi connectivity index (χ2v) is 20.6. The van der Waals surface area contributed by atoms with Gasteiger partial charge in [-0.25, -0.2) is 0 Å². The van der Waals surface area contributed by atoms with Gasteiger partial charge in [0.05, 0.1) is 0 Å². The van der Waals surface area contributed by atoms with Crippen molar-refractivity contribution >= 4 is 17.9 Å². The van der Waals surface area contributed by atoms with Crippen molar-refractivity contribution in [2.24, 2.45) is 0 Å². The molecule has 6 heteroatoms. The van der Waals surface area contributed by atoms with E-state index in [1.165, 1.54) is 167 Å². The number of hydrogen-bond acceptors (Lipinski definition) is 6. The summed E-state index contributed by atoms with van der Waals surface area (Å²) < 4.78 is 16.9. The summed E-state index contributed by atoms with van der Waals surface area (Å²) in [7, 11) is 0.